The number of halogens is 2. The van der Waals surface area contributed by atoms with Crippen LogP contribution in [0, 0.1) is 6.92 Å². The molecular formula is C44H69Cl2N11O11S. The van der Waals surface area contributed by atoms with Gasteiger partial charge in [-0.1, -0.05) is 40.6 Å². The lowest BCUT2D eigenvalue weighted by molar-refractivity contribution is -0.0251. The standard InChI is InChI=1S/C44H69Cl2N11O11S/c1-35-49-40(51-44-48-32-39(69-44)43(58)52-42-37(45)3-2-4-38(42)46)31-41(50-35)56-8-6-55(7-9-56)10-13-68-34-36-33-57(54-53-36)11-14-60-16-18-62-20-22-64-24-26-66-28-30-67-29-27-65-25-23-63-21-19-61-17-15-59-12-5-47/h2-4,31-33,53-54H,5-30,34,47H2,1H3,(H,52,58)(H,48,49,50,51). The summed E-state index contributed by atoms with van der Waals surface area (Å²) >= 11 is 13.6. The first-order valence-corrected chi connectivity index (χ1v) is 24.7. The number of benzene rings is 1. The Morgan fingerprint density at radius 3 is 1.78 bits per heavy atom. The van der Waals surface area contributed by atoms with Crippen molar-refractivity contribution in [3.63, 3.8) is 0 Å². The highest BCUT2D eigenvalue weighted by Crippen LogP contribution is 2.31. The van der Waals surface area contributed by atoms with Crippen LogP contribution in [0.1, 0.15) is 15.5 Å². The van der Waals surface area contributed by atoms with E-state index in [0.717, 1.165) is 44.2 Å². The third-order valence-corrected chi connectivity index (χ3v) is 11.4. The quantitative estimate of drug-likeness (QED) is 0.0517. The lowest BCUT2D eigenvalue weighted by atomic mass is 10.3. The average molecular weight is 1030 g/mol. The summed E-state index contributed by atoms with van der Waals surface area (Å²) in [4.78, 5) is 31.5. The van der Waals surface area contributed by atoms with E-state index in [1.807, 2.05) is 24.2 Å². The number of amides is 1. The van der Waals surface area contributed by atoms with Crippen molar-refractivity contribution >= 4 is 62.9 Å². The van der Waals surface area contributed by atoms with Crippen molar-refractivity contribution in [2.75, 3.05) is 193 Å². The number of anilines is 4. The number of piperazine rings is 1. The number of ether oxygens (including phenoxy) is 10. The second-order valence-corrected chi connectivity index (χ2v) is 17.0. The second-order valence-electron chi connectivity index (χ2n) is 15.1. The summed E-state index contributed by atoms with van der Waals surface area (Å²) in [7, 11) is 0. The van der Waals surface area contributed by atoms with Gasteiger partial charge < -0.3 is 74.1 Å². The van der Waals surface area contributed by atoms with E-state index in [0.29, 0.717) is 183 Å². The van der Waals surface area contributed by atoms with Crippen LogP contribution in [0.4, 0.5) is 22.5 Å². The Kier molecular flexibility index (Phi) is 28.3. The molecule has 6 N–H and O–H groups in total. The number of carbonyl (C=O) groups excluding carboxylic acids is 1. The number of hydrogen-bond acceptors (Lipinski definition) is 22. The van der Waals surface area contributed by atoms with Crippen molar-refractivity contribution in [1.29, 1.82) is 0 Å². The Hall–Kier alpha value is -3.60. The first kappa shape index (κ1) is 56.3. The normalized spacial score (nSPS) is 14.1. The van der Waals surface area contributed by atoms with Gasteiger partial charge in [0.2, 0.25) is 0 Å². The van der Waals surface area contributed by atoms with Crippen molar-refractivity contribution in [2.24, 2.45) is 5.73 Å². The zero-order chi connectivity index (χ0) is 48.6. The maximum absolute atomic E-state index is 12.9. The maximum atomic E-state index is 12.9. The number of nitrogens with two attached hydrogens (primary N) is 1. The summed E-state index contributed by atoms with van der Waals surface area (Å²) in [5.74, 6) is 1.69. The van der Waals surface area contributed by atoms with Gasteiger partial charge in [0.15, 0.2) is 5.13 Å². The molecule has 0 radical (unpaired) electrons. The van der Waals surface area contributed by atoms with Crippen LogP contribution in [-0.4, -0.2) is 209 Å². The number of nitrogens with one attached hydrogen (secondary N) is 4. The highest BCUT2D eigenvalue weighted by molar-refractivity contribution is 7.17. The van der Waals surface area contributed by atoms with E-state index in [4.69, 9.17) is 76.3 Å². The molecule has 69 heavy (non-hydrogen) atoms. The fourth-order valence-corrected chi connectivity index (χ4v) is 7.60. The molecule has 25 heteroatoms. The van der Waals surface area contributed by atoms with E-state index < -0.39 is 0 Å². The van der Waals surface area contributed by atoms with Crippen LogP contribution in [0.3, 0.4) is 0 Å². The summed E-state index contributed by atoms with van der Waals surface area (Å²) in [6.07, 6.45) is 3.48. The summed E-state index contributed by atoms with van der Waals surface area (Å²) in [6, 6.07) is 6.94. The Morgan fingerprint density at radius 2 is 1.23 bits per heavy atom. The SMILES string of the molecule is Cc1nc(Nc2ncc(C(=O)Nc3c(Cl)cccc3Cl)s2)cc(N2CCN(CCOCC3=CN(CCOCCOCCOCCOCCOCCOCCOCCOCCOCCN)NN3)CC2)n1. The molecule has 1 amide bonds. The zero-order valence-electron chi connectivity index (χ0n) is 39.5. The minimum atomic E-state index is -0.360. The van der Waals surface area contributed by atoms with Crippen molar-refractivity contribution in [1.82, 2.24) is 35.8 Å². The molecule has 0 atom stereocenters. The van der Waals surface area contributed by atoms with Gasteiger partial charge in [0.05, 0.1) is 166 Å². The fourth-order valence-electron chi connectivity index (χ4n) is 6.39. The number of hydrazine groups is 2. The third kappa shape index (κ3) is 23.5. The Balaban J connectivity index is 0.784. The van der Waals surface area contributed by atoms with Crippen LogP contribution < -0.4 is 32.2 Å². The fraction of sp³-hybridized carbons (Fsp3) is 0.636. The maximum Gasteiger partial charge on any atom is 0.267 e. The highest BCUT2D eigenvalue weighted by Gasteiger charge is 2.20. The molecule has 1 aromatic carbocycles. The van der Waals surface area contributed by atoms with E-state index in [9.17, 15) is 4.79 Å². The number of aromatic nitrogens is 3. The molecule has 22 nitrogen and oxygen atoms in total. The number of nitrogens with zero attached hydrogens (tertiary/aromatic N) is 6. The van der Waals surface area contributed by atoms with Crippen LogP contribution >= 0.6 is 34.5 Å². The van der Waals surface area contributed by atoms with Gasteiger partial charge in [0.1, 0.15) is 22.3 Å². The highest BCUT2D eigenvalue weighted by atomic mass is 35.5. The van der Waals surface area contributed by atoms with E-state index in [1.54, 1.807) is 18.2 Å². The van der Waals surface area contributed by atoms with E-state index in [2.05, 4.69) is 46.3 Å². The van der Waals surface area contributed by atoms with Gasteiger partial charge in [-0.25, -0.2) is 15.0 Å². The zero-order valence-corrected chi connectivity index (χ0v) is 41.8. The van der Waals surface area contributed by atoms with Gasteiger partial charge in [0, 0.05) is 51.5 Å². The van der Waals surface area contributed by atoms with Gasteiger partial charge in [-0.15, -0.1) is 5.53 Å². The monoisotopic (exact) mass is 1030 g/mol. The summed E-state index contributed by atoms with van der Waals surface area (Å²) in [5, 5.41) is 9.14. The van der Waals surface area contributed by atoms with E-state index in [1.165, 1.54) is 17.5 Å². The van der Waals surface area contributed by atoms with Crippen LogP contribution in [0.15, 0.2) is 42.4 Å². The minimum Gasteiger partial charge on any atom is -0.378 e. The van der Waals surface area contributed by atoms with E-state index >= 15 is 0 Å². The molecule has 0 bridgehead atoms. The van der Waals surface area contributed by atoms with Gasteiger partial charge in [-0.05, 0) is 19.1 Å². The van der Waals surface area contributed by atoms with Gasteiger partial charge in [-0.3, -0.25) is 14.7 Å². The molecule has 5 rings (SSSR count). The molecule has 2 aromatic heterocycles. The smallest absolute Gasteiger partial charge is 0.267 e. The largest absolute Gasteiger partial charge is 0.378 e. The number of rotatable bonds is 39. The van der Waals surface area contributed by atoms with Crippen LogP contribution in [-0.2, 0) is 47.4 Å². The van der Waals surface area contributed by atoms with Gasteiger partial charge >= 0.3 is 0 Å². The lowest BCUT2D eigenvalue weighted by Gasteiger charge is -2.35. The Labute approximate surface area is 418 Å². The first-order chi connectivity index (χ1) is 33.9. The molecule has 386 valence electrons. The first-order valence-electron chi connectivity index (χ1n) is 23.2. The molecule has 2 aliphatic rings. The molecule has 0 saturated carbocycles. The number of para-hydroxylation sites is 1. The predicted molar refractivity (Wildman–Crippen MR) is 264 cm³/mol. The molecule has 1 fully saturated rings. The molecular weight excluding hydrogens is 962 g/mol. The molecule has 2 aliphatic heterocycles. The van der Waals surface area contributed by atoms with Crippen LogP contribution in [0.5, 0.6) is 0 Å². The van der Waals surface area contributed by atoms with Gasteiger partial charge in [-0.2, -0.15) is 0 Å². The predicted octanol–water partition coefficient (Wildman–Crippen LogP) is 2.96. The average Bonchev–Trinajstić information content (AvgIpc) is 4.02. The molecule has 0 unspecified atom stereocenters. The van der Waals surface area contributed by atoms with Crippen molar-refractivity contribution in [3.05, 3.63) is 63.1 Å². The molecule has 0 spiro atoms. The summed E-state index contributed by atoms with van der Waals surface area (Å²) in [6.45, 7) is 17.5. The second kappa shape index (κ2) is 34.7. The van der Waals surface area contributed by atoms with Crippen molar-refractivity contribution in [3.8, 4) is 0 Å². The number of thiazole rings is 1. The molecule has 4 heterocycles. The van der Waals surface area contributed by atoms with Crippen LogP contribution in [0.25, 0.3) is 0 Å². The van der Waals surface area contributed by atoms with Crippen LogP contribution in [0.2, 0.25) is 10.0 Å². The molecule has 0 aliphatic carbocycles. The minimum absolute atomic E-state index is 0.352. The number of hydrogen-bond donors (Lipinski definition) is 5. The summed E-state index contributed by atoms with van der Waals surface area (Å²) < 4.78 is 55.4. The third-order valence-electron chi connectivity index (χ3n) is 9.88. The number of carbonyl (C=O) groups is 1. The topological polar surface area (TPSA) is 232 Å². The van der Waals surface area contributed by atoms with E-state index in [-0.39, 0.29) is 5.91 Å². The summed E-state index contributed by atoms with van der Waals surface area (Å²) in [5.41, 5.74) is 12.9. The molecule has 3 aromatic rings. The van der Waals surface area contributed by atoms with Crippen molar-refractivity contribution < 1.29 is 52.2 Å². The molecule has 1 saturated heterocycles. The Morgan fingerprint density at radius 1 is 0.710 bits per heavy atom. The lowest BCUT2D eigenvalue weighted by Crippen LogP contribution is -2.47. The van der Waals surface area contributed by atoms with Gasteiger partial charge in [0.25, 0.3) is 5.91 Å². The Bertz CT molecular complexity index is 1890. The number of aryl methyl sites for hydroxylation is 1. The van der Waals surface area contributed by atoms with Crippen molar-refractivity contribution in [2.45, 2.75) is 6.92 Å².